The standard InChI is InChI=1S/C16H12BrN3O3/c1-22-13-9-7-12(8-10-13)20-14(17)16(23-19-20)18-15(21)11-5-3-2-4-6-11/h2-10H,1H3/p+1. The normalized spacial score (nSPS) is 10.3. The summed E-state index contributed by atoms with van der Waals surface area (Å²) in [6.45, 7) is 0. The second-order valence-corrected chi connectivity index (χ2v) is 5.37. The topological polar surface area (TPSA) is 68.2 Å². The molecule has 7 heteroatoms. The van der Waals surface area contributed by atoms with Crippen LogP contribution in [0.1, 0.15) is 10.4 Å². The van der Waals surface area contributed by atoms with Gasteiger partial charge in [0.1, 0.15) is 5.75 Å². The van der Waals surface area contributed by atoms with Crippen LogP contribution in [-0.2, 0) is 0 Å². The minimum Gasteiger partial charge on any atom is -0.497 e. The van der Waals surface area contributed by atoms with Crippen molar-refractivity contribution in [3.63, 3.8) is 0 Å². The third-order valence-electron chi connectivity index (χ3n) is 3.17. The van der Waals surface area contributed by atoms with Gasteiger partial charge in [0, 0.05) is 38.3 Å². The number of halogens is 1. The van der Waals surface area contributed by atoms with Gasteiger partial charge in [0.15, 0.2) is 0 Å². The molecule has 0 fully saturated rings. The molecule has 6 nitrogen and oxygen atoms in total. The Bertz CT molecular complexity index is 816. The van der Waals surface area contributed by atoms with Crippen LogP contribution in [0.15, 0.2) is 63.7 Å². The maximum absolute atomic E-state index is 12.2. The number of carbonyl (C=O) groups is 1. The number of rotatable bonds is 4. The van der Waals surface area contributed by atoms with E-state index in [2.05, 4.69) is 26.5 Å². The lowest BCUT2D eigenvalue weighted by Gasteiger charge is -1.99. The molecule has 0 radical (unpaired) electrons. The van der Waals surface area contributed by atoms with Crippen LogP contribution < -0.4 is 14.7 Å². The molecule has 0 bridgehead atoms. The van der Waals surface area contributed by atoms with Crippen LogP contribution in [0.4, 0.5) is 5.88 Å². The van der Waals surface area contributed by atoms with Crippen LogP contribution in [0.5, 0.6) is 5.75 Å². The quantitative estimate of drug-likeness (QED) is 0.712. The van der Waals surface area contributed by atoms with E-state index in [1.165, 1.54) is 4.68 Å². The van der Waals surface area contributed by atoms with E-state index >= 15 is 0 Å². The van der Waals surface area contributed by atoms with Crippen LogP contribution in [0.25, 0.3) is 5.69 Å². The van der Waals surface area contributed by atoms with E-state index in [0.717, 1.165) is 11.4 Å². The van der Waals surface area contributed by atoms with Crippen LogP contribution in [0.2, 0.25) is 0 Å². The second kappa shape index (κ2) is 6.62. The van der Waals surface area contributed by atoms with E-state index in [1.54, 1.807) is 31.4 Å². The zero-order valence-corrected chi connectivity index (χ0v) is 13.8. The van der Waals surface area contributed by atoms with Crippen LogP contribution >= 0.6 is 15.9 Å². The molecule has 0 unspecified atom stereocenters. The lowest BCUT2D eigenvalue weighted by atomic mass is 10.2. The van der Waals surface area contributed by atoms with Gasteiger partial charge in [-0.15, -0.1) is 0 Å². The minimum atomic E-state index is -0.274. The van der Waals surface area contributed by atoms with Crippen LogP contribution in [0, 0.1) is 0 Å². The lowest BCUT2D eigenvalue weighted by Crippen LogP contribution is -2.33. The molecule has 23 heavy (non-hydrogen) atoms. The molecule has 0 atom stereocenters. The molecule has 0 aliphatic rings. The average molecular weight is 375 g/mol. The molecule has 0 saturated carbocycles. The van der Waals surface area contributed by atoms with Gasteiger partial charge in [0.2, 0.25) is 11.0 Å². The second-order valence-electron chi connectivity index (χ2n) is 4.62. The van der Waals surface area contributed by atoms with Gasteiger partial charge in [0.25, 0.3) is 5.91 Å². The molecule has 3 rings (SSSR count). The van der Waals surface area contributed by atoms with Crippen molar-refractivity contribution in [3.05, 3.63) is 64.8 Å². The van der Waals surface area contributed by atoms with Gasteiger partial charge in [-0.2, -0.15) is 0 Å². The Morgan fingerprint density at radius 3 is 2.52 bits per heavy atom. The molecule has 116 valence electrons. The van der Waals surface area contributed by atoms with Crippen molar-refractivity contribution >= 4 is 27.7 Å². The molecular weight excluding hydrogens is 362 g/mol. The molecule has 2 aromatic carbocycles. The minimum absolute atomic E-state index is 0.231. The van der Waals surface area contributed by atoms with Crippen molar-refractivity contribution in [2.24, 2.45) is 0 Å². The molecule has 1 amide bonds. The summed E-state index contributed by atoms with van der Waals surface area (Å²) in [5, 5.41) is 6.61. The Labute approximate surface area is 140 Å². The predicted octanol–water partition coefficient (Wildman–Crippen LogP) is 2.97. The fourth-order valence-corrected chi connectivity index (χ4v) is 2.42. The smallest absolute Gasteiger partial charge is 0.346 e. The van der Waals surface area contributed by atoms with Gasteiger partial charge < -0.3 is 4.74 Å². The van der Waals surface area contributed by atoms with Gasteiger partial charge in [-0.05, 0) is 24.3 Å². The number of methoxy groups -OCH3 is 1. The Morgan fingerprint density at radius 2 is 1.87 bits per heavy atom. The van der Waals surface area contributed by atoms with Crippen molar-refractivity contribution in [1.82, 2.24) is 5.27 Å². The fraction of sp³-hybridized carbons (Fsp3) is 0.0625. The number of hydrogen-bond donors (Lipinski definition) is 1. The summed E-state index contributed by atoms with van der Waals surface area (Å²) < 4.78 is 12.4. The third-order valence-corrected chi connectivity index (χ3v) is 3.86. The number of nitrogens with one attached hydrogen (secondary N) is 1. The molecule has 0 saturated heterocycles. The first-order chi connectivity index (χ1) is 11.2. The zero-order valence-electron chi connectivity index (χ0n) is 12.2. The number of carbonyl (C=O) groups excluding carboxylic acids is 1. The van der Waals surface area contributed by atoms with Gasteiger partial charge in [0.05, 0.1) is 7.11 Å². The average Bonchev–Trinajstić information content (AvgIpc) is 2.96. The summed E-state index contributed by atoms with van der Waals surface area (Å²) in [5.74, 6) is 0.700. The lowest BCUT2D eigenvalue weighted by molar-refractivity contribution is -0.680. The van der Waals surface area contributed by atoms with Crippen molar-refractivity contribution in [3.8, 4) is 11.4 Å². The van der Waals surface area contributed by atoms with Crippen molar-refractivity contribution in [1.29, 1.82) is 0 Å². The monoisotopic (exact) mass is 374 g/mol. The third kappa shape index (κ3) is 3.24. The number of amides is 1. The fourth-order valence-electron chi connectivity index (χ4n) is 1.97. The Morgan fingerprint density at radius 1 is 1.17 bits per heavy atom. The number of aromatic nitrogens is 2. The molecule has 0 aliphatic heterocycles. The van der Waals surface area contributed by atoms with E-state index in [9.17, 15) is 4.79 Å². The van der Waals surface area contributed by atoms with Crippen LogP contribution in [-0.4, -0.2) is 18.3 Å². The van der Waals surface area contributed by atoms with Gasteiger partial charge in [-0.25, -0.2) is 0 Å². The van der Waals surface area contributed by atoms with Gasteiger partial charge >= 0.3 is 10.5 Å². The molecule has 1 N–H and O–H groups in total. The summed E-state index contributed by atoms with van der Waals surface area (Å²) in [4.78, 5) is 12.2. The highest BCUT2D eigenvalue weighted by molar-refractivity contribution is 9.10. The summed E-state index contributed by atoms with van der Waals surface area (Å²) in [5.41, 5.74) is 1.30. The van der Waals surface area contributed by atoms with Crippen molar-refractivity contribution < 1.29 is 18.7 Å². The molecule has 0 spiro atoms. The summed E-state index contributed by atoms with van der Waals surface area (Å²) >= 11 is 3.39. The van der Waals surface area contributed by atoms with E-state index in [4.69, 9.17) is 9.26 Å². The highest BCUT2D eigenvalue weighted by Crippen LogP contribution is 2.20. The van der Waals surface area contributed by atoms with Gasteiger partial charge in [-0.3, -0.25) is 14.6 Å². The molecule has 3 aromatic rings. The van der Waals surface area contributed by atoms with E-state index in [1.807, 2.05) is 30.3 Å². The number of ether oxygens (including phenoxy) is 1. The maximum Gasteiger partial charge on any atom is 0.346 e. The van der Waals surface area contributed by atoms with E-state index in [0.29, 0.717) is 10.2 Å². The van der Waals surface area contributed by atoms with Crippen molar-refractivity contribution in [2.45, 2.75) is 0 Å². The van der Waals surface area contributed by atoms with E-state index in [-0.39, 0.29) is 11.8 Å². The molecule has 1 heterocycles. The predicted molar refractivity (Wildman–Crippen MR) is 86.7 cm³/mol. The maximum atomic E-state index is 12.2. The SMILES string of the molecule is COc1ccc(-[n+]2noc(NC(=O)c3ccccc3)c2Br)cc1. The number of nitrogens with zero attached hydrogens (tertiary/aromatic N) is 2. The zero-order chi connectivity index (χ0) is 16.2. The number of benzene rings is 2. The Hall–Kier alpha value is -2.67. The molecule has 1 aromatic heterocycles. The number of hydrogen-bond acceptors (Lipinski definition) is 4. The number of anilines is 1. The summed E-state index contributed by atoms with van der Waals surface area (Å²) in [6, 6.07) is 16.2. The highest BCUT2D eigenvalue weighted by atomic mass is 79.9. The molecule has 0 aliphatic carbocycles. The van der Waals surface area contributed by atoms with E-state index < -0.39 is 0 Å². The first kappa shape index (κ1) is 15.2. The Balaban J connectivity index is 1.83. The largest absolute Gasteiger partial charge is 0.497 e. The van der Waals surface area contributed by atoms with Gasteiger partial charge in [-0.1, -0.05) is 18.2 Å². The van der Waals surface area contributed by atoms with Crippen molar-refractivity contribution in [2.75, 3.05) is 12.4 Å². The van der Waals surface area contributed by atoms with Crippen LogP contribution in [0.3, 0.4) is 0 Å². The Kier molecular flexibility index (Phi) is 4.38. The first-order valence-corrected chi connectivity index (χ1v) is 7.56. The molecular formula is C16H13BrN3O3+. The first-order valence-electron chi connectivity index (χ1n) is 6.77. The summed E-state index contributed by atoms with van der Waals surface area (Å²) in [7, 11) is 1.60. The highest BCUT2D eigenvalue weighted by Gasteiger charge is 2.26. The summed E-state index contributed by atoms with van der Waals surface area (Å²) in [6.07, 6.45) is 0.